The van der Waals surface area contributed by atoms with Crippen LogP contribution in [0.5, 0.6) is 0 Å². The van der Waals surface area contributed by atoms with Gasteiger partial charge in [0.2, 0.25) is 5.91 Å². The number of hydrogen-bond donors (Lipinski definition) is 1. The van der Waals surface area contributed by atoms with Crippen molar-refractivity contribution in [3.63, 3.8) is 0 Å². The van der Waals surface area contributed by atoms with Crippen LogP contribution in [0, 0.1) is 12.7 Å². The molecule has 0 aliphatic heterocycles. The van der Waals surface area contributed by atoms with E-state index in [1.807, 2.05) is 0 Å². The Morgan fingerprint density at radius 3 is 2.68 bits per heavy atom. The standard InChI is InChI=1S/C16H16FN5O3/c1-9-4-5-11(10(17)6-9)19-12(23)7-22-15(24)13-14(18-8-20(13)2)21(3)16(22)25/h4-6,8H,7H2,1-3H3,(H,19,23). The normalized spacial score (nSPS) is 11.0. The van der Waals surface area contributed by atoms with Crippen molar-refractivity contribution in [1.29, 1.82) is 0 Å². The third-order valence-electron chi connectivity index (χ3n) is 3.90. The lowest BCUT2D eigenvalue weighted by molar-refractivity contribution is -0.116. The first-order chi connectivity index (χ1) is 11.8. The number of halogens is 1. The zero-order valence-electron chi connectivity index (χ0n) is 13.9. The molecular formula is C16H16FN5O3. The van der Waals surface area contributed by atoms with Crippen molar-refractivity contribution in [2.24, 2.45) is 14.1 Å². The molecule has 0 fully saturated rings. The molecule has 1 aromatic carbocycles. The van der Waals surface area contributed by atoms with Crippen molar-refractivity contribution in [3.05, 3.63) is 56.7 Å². The minimum absolute atomic E-state index is 0.0120. The molecular weight excluding hydrogens is 329 g/mol. The number of aromatic nitrogens is 4. The van der Waals surface area contributed by atoms with Crippen molar-refractivity contribution in [1.82, 2.24) is 18.7 Å². The molecule has 25 heavy (non-hydrogen) atoms. The molecule has 3 aromatic rings. The summed E-state index contributed by atoms with van der Waals surface area (Å²) in [4.78, 5) is 41.0. The van der Waals surface area contributed by atoms with Gasteiger partial charge >= 0.3 is 5.69 Å². The van der Waals surface area contributed by atoms with Gasteiger partial charge in [0.25, 0.3) is 5.56 Å². The van der Waals surface area contributed by atoms with Crippen LogP contribution in [0.4, 0.5) is 10.1 Å². The zero-order chi connectivity index (χ0) is 18.3. The lowest BCUT2D eigenvalue weighted by Gasteiger charge is -2.10. The lowest BCUT2D eigenvalue weighted by atomic mass is 10.2. The molecule has 0 radical (unpaired) electrons. The molecule has 1 N–H and O–H groups in total. The van der Waals surface area contributed by atoms with Crippen LogP contribution < -0.4 is 16.6 Å². The predicted molar refractivity (Wildman–Crippen MR) is 90.0 cm³/mol. The lowest BCUT2D eigenvalue weighted by Crippen LogP contribution is -2.42. The number of aryl methyl sites for hydroxylation is 3. The van der Waals surface area contributed by atoms with E-state index in [2.05, 4.69) is 10.3 Å². The van der Waals surface area contributed by atoms with Gasteiger partial charge in [-0.25, -0.2) is 18.7 Å². The van der Waals surface area contributed by atoms with Crippen LogP contribution >= 0.6 is 0 Å². The van der Waals surface area contributed by atoms with Gasteiger partial charge in [0.05, 0.1) is 12.0 Å². The quantitative estimate of drug-likeness (QED) is 0.749. The molecule has 0 bridgehead atoms. The molecule has 0 aliphatic rings. The second-order valence-corrected chi connectivity index (χ2v) is 5.79. The number of carbonyl (C=O) groups is 1. The molecule has 1 amide bonds. The van der Waals surface area contributed by atoms with Gasteiger partial charge in [-0.3, -0.25) is 14.2 Å². The van der Waals surface area contributed by atoms with Crippen LogP contribution in [0.15, 0.2) is 34.1 Å². The average Bonchev–Trinajstić information content (AvgIpc) is 2.94. The van der Waals surface area contributed by atoms with Gasteiger partial charge in [-0.05, 0) is 24.6 Å². The first kappa shape index (κ1) is 16.6. The third kappa shape index (κ3) is 2.84. The summed E-state index contributed by atoms with van der Waals surface area (Å²) < 4.78 is 17.3. The Morgan fingerprint density at radius 1 is 1.28 bits per heavy atom. The Bertz CT molecular complexity index is 1110. The van der Waals surface area contributed by atoms with E-state index in [4.69, 9.17) is 0 Å². The molecule has 0 saturated heterocycles. The summed E-state index contributed by atoms with van der Waals surface area (Å²) in [7, 11) is 3.08. The van der Waals surface area contributed by atoms with Gasteiger partial charge in [-0.15, -0.1) is 0 Å². The number of imidazole rings is 1. The maximum absolute atomic E-state index is 13.8. The second-order valence-electron chi connectivity index (χ2n) is 5.79. The molecule has 0 saturated carbocycles. The number of rotatable bonds is 3. The first-order valence-corrected chi connectivity index (χ1v) is 7.46. The smallest absolute Gasteiger partial charge is 0.328 e. The van der Waals surface area contributed by atoms with Gasteiger partial charge in [0.1, 0.15) is 12.4 Å². The summed E-state index contributed by atoms with van der Waals surface area (Å²) in [6.45, 7) is 1.20. The Hall–Kier alpha value is -3.23. The highest BCUT2D eigenvalue weighted by Crippen LogP contribution is 2.15. The molecule has 2 heterocycles. The molecule has 0 aliphatic carbocycles. The highest BCUT2D eigenvalue weighted by molar-refractivity contribution is 5.90. The molecule has 130 valence electrons. The number of nitrogens with zero attached hydrogens (tertiary/aromatic N) is 4. The summed E-state index contributed by atoms with van der Waals surface area (Å²) in [6, 6.07) is 4.35. The van der Waals surface area contributed by atoms with E-state index in [0.717, 1.165) is 4.57 Å². The van der Waals surface area contributed by atoms with E-state index in [0.29, 0.717) is 5.56 Å². The fraction of sp³-hybridized carbons (Fsp3) is 0.250. The average molecular weight is 345 g/mol. The second kappa shape index (κ2) is 6.00. The van der Waals surface area contributed by atoms with E-state index in [1.54, 1.807) is 20.0 Å². The van der Waals surface area contributed by atoms with Crippen LogP contribution in [0.2, 0.25) is 0 Å². The number of carbonyl (C=O) groups excluding carboxylic acids is 1. The number of anilines is 1. The number of hydrogen-bond acceptors (Lipinski definition) is 4. The Morgan fingerprint density at radius 2 is 2.00 bits per heavy atom. The van der Waals surface area contributed by atoms with Crippen LogP contribution in [-0.2, 0) is 25.4 Å². The Kier molecular flexibility index (Phi) is 3.99. The van der Waals surface area contributed by atoms with Gasteiger partial charge in [0, 0.05) is 14.1 Å². The summed E-state index contributed by atoms with van der Waals surface area (Å²) in [6.07, 6.45) is 1.41. The zero-order valence-corrected chi connectivity index (χ0v) is 13.9. The monoisotopic (exact) mass is 345 g/mol. The fourth-order valence-electron chi connectivity index (χ4n) is 2.59. The minimum atomic E-state index is -0.677. The summed E-state index contributed by atoms with van der Waals surface area (Å²) >= 11 is 0. The highest BCUT2D eigenvalue weighted by Gasteiger charge is 2.17. The maximum atomic E-state index is 13.8. The minimum Gasteiger partial charge on any atom is -0.328 e. The van der Waals surface area contributed by atoms with Crippen molar-refractivity contribution in [3.8, 4) is 0 Å². The predicted octanol–water partition coefficient (Wildman–Crippen LogP) is 0.520. The van der Waals surface area contributed by atoms with Crippen molar-refractivity contribution < 1.29 is 9.18 Å². The van der Waals surface area contributed by atoms with Crippen LogP contribution in [0.25, 0.3) is 11.2 Å². The van der Waals surface area contributed by atoms with Gasteiger partial charge in [-0.1, -0.05) is 6.07 Å². The van der Waals surface area contributed by atoms with Gasteiger partial charge in [-0.2, -0.15) is 0 Å². The van der Waals surface area contributed by atoms with Gasteiger partial charge < -0.3 is 9.88 Å². The Balaban J connectivity index is 1.98. The highest BCUT2D eigenvalue weighted by atomic mass is 19.1. The summed E-state index contributed by atoms with van der Waals surface area (Å²) in [5, 5.41) is 2.37. The van der Waals surface area contributed by atoms with E-state index >= 15 is 0 Å². The Labute approximate surface area is 141 Å². The molecule has 0 atom stereocenters. The molecule has 8 nitrogen and oxygen atoms in total. The third-order valence-corrected chi connectivity index (χ3v) is 3.90. The number of benzene rings is 1. The van der Waals surface area contributed by atoms with Crippen molar-refractivity contribution in [2.45, 2.75) is 13.5 Å². The van der Waals surface area contributed by atoms with Crippen molar-refractivity contribution in [2.75, 3.05) is 5.32 Å². The van der Waals surface area contributed by atoms with Crippen LogP contribution in [0.3, 0.4) is 0 Å². The van der Waals surface area contributed by atoms with E-state index in [1.165, 1.54) is 34.6 Å². The molecule has 3 rings (SSSR count). The molecule has 0 unspecified atom stereocenters. The largest absolute Gasteiger partial charge is 0.332 e. The SMILES string of the molecule is Cc1ccc(NC(=O)Cn2c(=O)c3c(ncn3C)n(C)c2=O)c(F)c1. The number of amides is 1. The summed E-state index contributed by atoms with van der Waals surface area (Å²) in [5.41, 5.74) is -0.159. The van der Waals surface area contributed by atoms with E-state index in [-0.39, 0.29) is 16.9 Å². The topological polar surface area (TPSA) is 90.9 Å². The van der Waals surface area contributed by atoms with Crippen LogP contribution in [0.1, 0.15) is 5.56 Å². The van der Waals surface area contributed by atoms with E-state index < -0.39 is 29.5 Å². The molecule has 9 heteroatoms. The summed E-state index contributed by atoms with van der Waals surface area (Å²) in [5.74, 6) is -1.26. The first-order valence-electron chi connectivity index (χ1n) is 7.46. The molecule has 2 aromatic heterocycles. The van der Waals surface area contributed by atoms with E-state index in [9.17, 15) is 18.8 Å². The number of nitrogens with one attached hydrogen (secondary N) is 1. The maximum Gasteiger partial charge on any atom is 0.332 e. The van der Waals surface area contributed by atoms with Crippen LogP contribution in [-0.4, -0.2) is 24.6 Å². The number of fused-ring (bicyclic) bond motifs is 1. The van der Waals surface area contributed by atoms with Crippen molar-refractivity contribution >= 4 is 22.8 Å². The van der Waals surface area contributed by atoms with Gasteiger partial charge in [0.15, 0.2) is 11.2 Å². The molecule has 0 spiro atoms. The fourth-order valence-corrected chi connectivity index (χ4v) is 2.59.